The topological polar surface area (TPSA) is 21.3 Å². The molecule has 0 aliphatic heterocycles. The van der Waals surface area contributed by atoms with E-state index in [0.29, 0.717) is 23.1 Å². The lowest BCUT2D eigenvalue weighted by molar-refractivity contribution is 0.471. The maximum Gasteiger partial charge on any atom is 0.133 e. The van der Waals surface area contributed by atoms with Crippen LogP contribution < -0.4 is 10.1 Å². The van der Waals surface area contributed by atoms with Crippen LogP contribution in [0.5, 0.6) is 11.5 Å². The van der Waals surface area contributed by atoms with Crippen LogP contribution in [0, 0.1) is 5.82 Å². The van der Waals surface area contributed by atoms with Gasteiger partial charge in [0.15, 0.2) is 0 Å². The summed E-state index contributed by atoms with van der Waals surface area (Å²) in [4.78, 5) is 0. The molecule has 0 aromatic heterocycles. The summed E-state index contributed by atoms with van der Waals surface area (Å²) in [5.41, 5.74) is 1.01. The smallest absolute Gasteiger partial charge is 0.133 e. The van der Waals surface area contributed by atoms with E-state index in [-0.39, 0.29) is 5.82 Å². The van der Waals surface area contributed by atoms with Crippen LogP contribution >= 0.6 is 11.6 Å². The van der Waals surface area contributed by atoms with Gasteiger partial charge in [0.1, 0.15) is 17.3 Å². The van der Waals surface area contributed by atoms with Crippen LogP contribution in [-0.2, 0) is 6.54 Å². The van der Waals surface area contributed by atoms with E-state index in [2.05, 4.69) is 5.32 Å². The molecule has 19 heavy (non-hydrogen) atoms. The SMILES string of the molecule is CCNCc1ccc(Cl)cc1Oc1ccc(F)cc1. The van der Waals surface area contributed by atoms with Crippen LogP contribution in [-0.4, -0.2) is 6.54 Å². The van der Waals surface area contributed by atoms with Crippen molar-refractivity contribution in [1.29, 1.82) is 0 Å². The summed E-state index contributed by atoms with van der Waals surface area (Å²) in [6.45, 7) is 3.61. The molecular formula is C15H15ClFNO. The molecule has 1 N–H and O–H groups in total. The molecule has 0 aliphatic carbocycles. The minimum Gasteiger partial charge on any atom is -0.457 e. The molecule has 2 rings (SSSR count). The predicted molar refractivity (Wildman–Crippen MR) is 75.3 cm³/mol. The van der Waals surface area contributed by atoms with Gasteiger partial charge in [0.2, 0.25) is 0 Å². The number of hydrogen-bond acceptors (Lipinski definition) is 2. The highest BCUT2D eigenvalue weighted by Crippen LogP contribution is 2.28. The van der Waals surface area contributed by atoms with Crippen LogP contribution in [0.4, 0.5) is 4.39 Å². The summed E-state index contributed by atoms with van der Waals surface area (Å²) < 4.78 is 18.6. The van der Waals surface area contributed by atoms with Gasteiger partial charge in [-0.05, 0) is 42.9 Å². The van der Waals surface area contributed by atoms with Gasteiger partial charge < -0.3 is 10.1 Å². The van der Waals surface area contributed by atoms with Gasteiger partial charge in [-0.3, -0.25) is 0 Å². The van der Waals surface area contributed by atoms with Crippen molar-refractivity contribution in [1.82, 2.24) is 5.32 Å². The Morgan fingerprint density at radius 1 is 1.16 bits per heavy atom. The summed E-state index contributed by atoms with van der Waals surface area (Å²) in [5.74, 6) is 0.979. The summed E-state index contributed by atoms with van der Waals surface area (Å²) in [6.07, 6.45) is 0. The Kier molecular flexibility index (Phi) is 4.77. The van der Waals surface area contributed by atoms with Crippen LogP contribution in [0.3, 0.4) is 0 Å². The molecule has 0 fully saturated rings. The number of halogens is 2. The molecule has 0 unspecified atom stereocenters. The average Bonchev–Trinajstić information content (AvgIpc) is 2.40. The van der Waals surface area contributed by atoms with Crippen LogP contribution in [0.15, 0.2) is 42.5 Å². The van der Waals surface area contributed by atoms with Crippen molar-refractivity contribution >= 4 is 11.6 Å². The van der Waals surface area contributed by atoms with E-state index in [4.69, 9.17) is 16.3 Å². The summed E-state index contributed by atoms with van der Waals surface area (Å²) >= 11 is 5.98. The molecule has 0 atom stereocenters. The fourth-order valence-corrected chi connectivity index (χ4v) is 1.82. The maximum atomic E-state index is 12.8. The third kappa shape index (κ3) is 3.94. The highest BCUT2D eigenvalue weighted by Gasteiger charge is 2.06. The van der Waals surface area contributed by atoms with E-state index < -0.39 is 0 Å². The molecule has 0 heterocycles. The molecule has 2 nitrogen and oxygen atoms in total. The normalized spacial score (nSPS) is 10.5. The van der Waals surface area contributed by atoms with Gasteiger partial charge in [-0.25, -0.2) is 4.39 Å². The van der Waals surface area contributed by atoms with Gasteiger partial charge >= 0.3 is 0 Å². The van der Waals surface area contributed by atoms with Gasteiger partial charge in [-0.15, -0.1) is 0 Å². The molecule has 2 aromatic rings. The Bertz CT molecular complexity index is 542. The lowest BCUT2D eigenvalue weighted by Gasteiger charge is -2.12. The van der Waals surface area contributed by atoms with Crippen LogP contribution in [0.25, 0.3) is 0 Å². The third-order valence-corrected chi connectivity index (χ3v) is 2.87. The molecule has 0 bridgehead atoms. The molecule has 100 valence electrons. The largest absolute Gasteiger partial charge is 0.457 e. The second-order valence-electron chi connectivity index (χ2n) is 4.09. The van der Waals surface area contributed by atoms with Crippen molar-refractivity contribution in [2.24, 2.45) is 0 Å². The van der Waals surface area contributed by atoms with Crippen molar-refractivity contribution in [3.8, 4) is 11.5 Å². The van der Waals surface area contributed by atoms with E-state index in [9.17, 15) is 4.39 Å². The van der Waals surface area contributed by atoms with Gasteiger partial charge in [0, 0.05) is 17.1 Å². The van der Waals surface area contributed by atoms with Crippen LogP contribution in [0.2, 0.25) is 5.02 Å². The Hall–Kier alpha value is -1.58. The van der Waals surface area contributed by atoms with Crippen LogP contribution in [0.1, 0.15) is 12.5 Å². The molecule has 0 saturated carbocycles. The highest BCUT2D eigenvalue weighted by atomic mass is 35.5. The number of hydrogen-bond donors (Lipinski definition) is 1. The first-order valence-corrected chi connectivity index (χ1v) is 6.49. The standard InChI is InChI=1S/C15H15ClFNO/c1-2-18-10-11-3-4-12(16)9-15(11)19-14-7-5-13(17)6-8-14/h3-9,18H,2,10H2,1H3. The summed E-state index contributed by atoms with van der Waals surface area (Å²) in [5, 5.41) is 3.84. The van der Waals surface area contributed by atoms with E-state index >= 15 is 0 Å². The second-order valence-corrected chi connectivity index (χ2v) is 4.52. The van der Waals surface area contributed by atoms with Crippen molar-refractivity contribution in [2.45, 2.75) is 13.5 Å². The van der Waals surface area contributed by atoms with Gasteiger partial charge in [0.25, 0.3) is 0 Å². The minimum atomic E-state index is -0.286. The molecule has 2 aromatic carbocycles. The molecule has 0 saturated heterocycles. The maximum absolute atomic E-state index is 12.8. The monoisotopic (exact) mass is 279 g/mol. The first-order chi connectivity index (χ1) is 9.19. The van der Waals surface area contributed by atoms with E-state index in [1.807, 2.05) is 19.1 Å². The molecule has 4 heteroatoms. The number of nitrogens with one attached hydrogen (secondary N) is 1. The lowest BCUT2D eigenvalue weighted by Crippen LogP contribution is -2.12. The minimum absolute atomic E-state index is 0.286. The van der Waals surface area contributed by atoms with E-state index in [0.717, 1.165) is 12.1 Å². The quantitative estimate of drug-likeness (QED) is 0.877. The number of benzene rings is 2. The third-order valence-electron chi connectivity index (χ3n) is 2.64. The van der Waals surface area contributed by atoms with Gasteiger partial charge in [-0.1, -0.05) is 24.6 Å². The molecule has 0 amide bonds. The molecule has 0 spiro atoms. The van der Waals surface area contributed by atoms with E-state index in [1.165, 1.54) is 12.1 Å². The van der Waals surface area contributed by atoms with Gasteiger partial charge in [0.05, 0.1) is 0 Å². The zero-order chi connectivity index (χ0) is 13.7. The summed E-state index contributed by atoms with van der Waals surface area (Å²) in [6, 6.07) is 11.4. The Morgan fingerprint density at radius 2 is 1.89 bits per heavy atom. The number of ether oxygens (including phenoxy) is 1. The fourth-order valence-electron chi connectivity index (χ4n) is 1.66. The van der Waals surface area contributed by atoms with Crippen molar-refractivity contribution in [3.05, 3.63) is 58.9 Å². The first-order valence-electron chi connectivity index (χ1n) is 6.11. The fraction of sp³-hybridized carbons (Fsp3) is 0.200. The zero-order valence-corrected chi connectivity index (χ0v) is 11.4. The molecule has 0 aliphatic rings. The average molecular weight is 280 g/mol. The predicted octanol–water partition coefficient (Wildman–Crippen LogP) is 4.38. The Balaban J connectivity index is 2.22. The zero-order valence-electron chi connectivity index (χ0n) is 10.6. The summed E-state index contributed by atoms with van der Waals surface area (Å²) in [7, 11) is 0. The second kappa shape index (κ2) is 6.55. The van der Waals surface area contributed by atoms with Crippen molar-refractivity contribution in [2.75, 3.05) is 6.54 Å². The first kappa shape index (κ1) is 13.8. The molecule has 0 radical (unpaired) electrons. The number of rotatable bonds is 5. The van der Waals surface area contributed by atoms with Crippen molar-refractivity contribution < 1.29 is 9.13 Å². The molecular weight excluding hydrogens is 265 g/mol. The lowest BCUT2D eigenvalue weighted by atomic mass is 10.2. The van der Waals surface area contributed by atoms with Gasteiger partial charge in [-0.2, -0.15) is 0 Å². The van der Waals surface area contributed by atoms with Crippen molar-refractivity contribution in [3.63, 3.8) is 0 Å². The van der Waals surface area contributed by atoms with E-state index in [1.54, 1.807) is 18.2 Å². The Morgan fingerprint density at radius 3 is 2.58 bits per heavy atom. The Labute approximate surface area is 117 Å². The highest BCUT2D eigenvalue weighted by molar-refractivity contribution is 6.30.